The number of aromatic nitrogens is 3. The van der Waals surface area contributed by atoms with Crippen molar-refractivity contribution in [1.82, 2.24) is 15.0 Å². The normalized spacial score (nSPS) is 10.8. The lowest BCUT2D eigenvalue weighted by Gasteiger charge is -2.12. The summed E-state index contributed by atoms with van der Waals surface area (Å²) < 4.78 is 5.33. The van der Waals surface area contributed by atoms with E-state index in [9.17, 15) is 0 Å². The van der Waals surface area contributed by atoms with Gasteiger partial charge in [0.25, 0.3) is 0 Å². The maximum absolute atomic E-state index is 6.32. The highest BCUT2D eigenvalue weighted by Crippen LogP contribution is 2.34. The number of methoxy groups -OCH3 is 1. The molecule has 0 aliphatic carbocycles. The van der Waals surface area contributed by atoms with Gasteiger partial charge in [-0.15, -0.1) is 0 Å². The fourth-order valence-corrected chi connectivity index (χ4v) is 3.03. The topological polar surface area (TPSA) is 59.9 Å². The Kier molecular flexibility index (Phi) is 4.79. The van der Waals surface area contributed by atoms with Crippen molar-refractivity contribution in [2.75, 3.05) is 12.4 Å². The van der Waals surface area contributed by atoms with Gasteiger partial charge in [-0.25, -0.2) is 9.97 Å². The van der Waals surface area contributed by atoms with Gasteiger partial charge in [0.15, 0.2) is 5.82 Å². The minimum atomic E-state index is 0.485. The van der Waals surface area contributed by atoms with Gasteiger partial charge >= 0.3 is 0 Å². The number of nitrogens with zero attached hydrogens (tertiary/aromatic N) is 3. The molecule has 0 amide bonds. The molecule has 134 valence electrons. The molecule has 4 rings (SSSR count). The molecule has 0 saturated carbocycles. The highest BCUT2D eigenvalue weighted by Gasteiger charge is 2.14. The number of halogens is 2. The number of nitrogens with one attached hydrogen (secondary N) is 1. The molecule has 0 radical (unpaired) electrons. The molecule has 5 nitrogen and oxygen atoms in total. The zero-order valence-corrected chi connectivity index (χ0v) is 15.8. The molecule has 0 atom stereocenters. The Bertz CT molecular complexity index is 1100. The van der Waals surface area contributed by atoms with Crippen LogP contribution in [0.1, 0.15) is 0 Å². The van der Waals surface area contributed by atoms with E-state index in [4.69, 9.17) is 27.9 Å². The van der Waals surface area contributed by atoms with E-state index in [1.165, 1.54) is 0 Å². The van der Waals surface area contributed by atoms with Crippen LogP contribution in [0.2, 0.25) is 10.0 Å². The van der Waals surface area contributed by atoms with Crippen LogP contribution in [0.25, 0.3) is 22.4 Å². The van der Waals surface area contributed by atoms with Crippen molar-refractivity contribution in [3.8, 4) is 17.3 Å². The third kappa shape index (κ3) is 3.65. The number of pyridine rings is 1. The van der Waals surface area contributed by atoms with Crippen molar-refractivity contribution >= 4 is 45.6 Å². The minimum absolute atomic E-state index is 0.485. The molecule has 0 bridgehead atoms. The van der Waals surface area contributed by atoms with Crippen LogP contribution in [0.15, 0.2) is 60.8 Å². The Morgan fingerprint density at radius 3 is 2.48 bits per heavy atom. The SMILES string of the molecule is COc1cc2nc(-c3ccccn3)nc(Nc3ccc(Cl)cc3)c2cc1Cl. The first-order valence-electron chi connectivity index (χ1n) is 8.13. The van der Waals surface area contributed by atoms with Crippen LogP contribution in [-0.2, 0) is 0 Å². The van der Waals surface area contributed by atoms with Crippen molar-refractivity contribution in [2.24, 2.45) is 0 Å². The fraction of sp³-hybridized carbons (Fsp3) is 0.0500. The van der Waals surface area contributed by atoms with Crippen molar-refractivity contribution < 1.29 is 4.74 Å². The van der Waals surface area contributed by atoms with Gasteiger partial charge in [-0.2, -0.15) is 0 Å². The average molecular weight is 397 g/mol. The quantitative estimate of drug-likeness (QED) is 0.475. The van der Waals surface area contributed by atoms with Gasteiger partial charge < -0.3 is 10.1 Å². The van der Waals surface area contributed by atoms with Gasteiger partial charge in [-0.1, -0.05) is 29.3 Å². The third-order valence-corrected chi connectivity index (χ3v) is 4.52. The van der Waals surface area contributed by atoms with Crippen LogP contribution in [0.4, 0.5) is 11.5 Å². The first-order valence-corrected chi connectivity index (χ1v) is 8.89. The monoisotopic (exact) mass is 396 g/mol. The van der Waals surface area contributed by atoms with E-state index in [1.807, 2.05) is 42.5 Å². The van der Waals surface area contributed by atoms with E-state index in [0.29, 0.717) is 38.6 Å². The van der Waals surface area contributed by atoms with Crippen LogP contribution in [0.5, 0.6) is 5.75 Å². The Hall–Kier alpha value is -2.89. The van der Waals surface area contributed by atoms with E-state index in [2.05, 4.69) is 20.3 Å². The molecule has 0 unspecified atom stereocenters. The molecule has 27 heavy (non-hydrogen) atoms. The number of hydrogen-bond donors (Lipinski definition) is 1. The van der Waals surface area contributed by atoms with E-state index in [-0.39, 0.29) is 0 Å². The zero-order valence-electron chi connectivity index (χ0n) is 14.3. The molecule has 7 heteroatoms. The largest absolute Gasteiger partial charge is 0.495 e. The lowest BCUT2D eigenvalue weighted by Crippen LogP contribution is -2.00. The van der Waals surface area contributed by atoms with Gasteiger partial charge in [-0.05, 0) is 42.5 Å². The molecule has 0 aliphatic rings. The average Bonchev–Trinajstić information content (AvgIpc) is 2.70. The van der Waals surface area contributed by atoms with Gasteiger partial charge in [-0.3, -0.25) is 4.98 Å². The van der Waals surface area contributed by atoms with Gasteiger partial charge in [0.1, 0.15) is 17.3 Å². The van der Waals surface area contributed by atoms with E-state index < -0.39 is 0 Å². The summed E-state index contributed by atoms with van der Waals surface area (Å²) >= 11 is 12.3. The van der Waals surface area contributed by atoms with Crippen LogP contribution >= 0.6 is 23.2 Å². The first-order chi connectivity index (χ1) is 13.1. The molecule has 1 N–H and O–H groups in total. The summed E-state index contributed by atoms with van der Waals surface area (Å²) in [6, 6.07) is 16.6. The van der Waals surface area contributed by atoms with Gasteiger partial charge in [0, 0.05) is 28.4 Å². The fourth-order valence-electron chi connectivity index (χ4n) is 2.66. The summed E-state index contributed by atoms with van der Waals surface area (Å²) in [6.07, 6.45) is 1.71. The highest BCUT2D eigenvalue weighted by atomic mass is 35.5. The van der Waals surface area contributed by atoms with Crippen molar-refractivity contribution in [1.29, 1.82) is 0 Å². The molecule has 2 aromatic heterocycles. The van der Waals surface area contributed by atoms with Gasteiger partial charge in [0.2, 0.25) is 0 Å². The highest BCUT2D eigenvalue weighted by molar-refractivity contribution is 6.33. The standard InChI is InChI=1S/C20H14Cl2N4O/c1-27-18-11-17-14(10-15(18)22)19(24-13-7-5-12(21)6-8-13)26-20(25-17)16-4-2-3-9-23-16/h2-11H,1H3,(H,24,25,26). The maximum atomic E-state index is 6.32. The summed E-state index contributed by atoms with van der Waals surface area (Å²) in [7, 11) is 1.57. The molecule has 0 aliphatic heterocycles. The second-order valence-corrected chi connectivity index (χ2v) is 6.59. The summed E-state index contributed by atoms with van der Waals surface area (Å²) in [4.78, 5) is 13.7. The number of benzene rings is 2. The number of hydrogen-bond acceptors (Lipinski definition) is 5. The number of ether oxygens (including phenoxy) is 1. The molecule has 2 aromatic carbocycles. The molecular weight excluding hydrogens is 383 g/mol. The minimum Gasteiger partial charge on any atom is -0.495 e. The van der Waals surface area contributed by atoms with Crippen LogP contribution in [0.3, 0.4) is 0 Å². The maximum Gasteiger partial charge on any atom is 0.180 e. The molecular formula is C20H14Cl2N4O. The predicted octanol–water partition coefficient (Wildman–Crippen LogP) is 5.75. The smallest absolute Gasteiger partial charge is 0.180 e. The van der Waals surface area contributed by atoms with Crippen molar-refractivity contribution in [3.63, 3.8) is 0 Å². The van der Waals surface area contributed by atoms with E-state index in [1.54, 1.807) is 25.4 Å². The van der Waals surface area contributed by atoms with Crippen LogP contribution < -0.4 is 10.1 Å². The second kappa shape index (κ2) is 7.39. The Labute approximate surface area is 166 Å². The first kappa shape index (κ1) is 17.5. The molecule has 0 fully saturated rings. The summed E-state index contributed by atoms with van der Waals surface area (Å²) in [5.41, 5.74) is 2.22. The number of fused-ring (bicyclic) bond motifs is 1. The number of anilines is 2. The predicted molar refractivity (Wildman–Crippen MR) is 109 cm³/mol. The Morgan fingerprint density at radius 1 is 0.963 bits per heavy atom. The van der Waals surface area contributed by atoms with Crippen molar-refractivity contribution in [2.45, 2.75) is 0 Å². The summed E-state index contributed by atoms with van der Waals surface area (Å²) in [5, 5.41) is 5.23. The van der Waals surface area contributed by atoms with Crippen LogP contribution in [0, 0.1) is 0 Å². The second-order valence-electron chi connectivity index (χ2n) is 5.75. The molecule has 0 spiro atoms. The summed E-state index contributed by atoms with van der Waals surface area (Å²) in [5.74, 6) is 1.67. The third-order valence-electron chi connectivity index (χ3n) is 3.97. The molecule has 4 aromatic rings. The van der Waals surface area contributed by atoms with Gasteiger partial charge in [0.05, 0.1) is 17.6 Å². The summed E-state index contributed by atoms with van der Waals surface area (Å²) in [6.45, 7) is 0. The Morgan fingerprint density at radius 2 is 1.78 bits per heavy atom. The van der Waals surface area contributed by atoms with Crippen LogP contribution in [-0.4, -0.2) is 22.1 Å². The van der Waals surface area contributed by atoms with E-state index >= 15 is 0 Å². The van der Waals surface area contributed by atoms with Crippen molar-refractivity contribution in [3.05, 3.63) is 70.8 Å². The molecule has 2 heterocycles. The Balaban J connectivity index is 1.90. The molecule has 0 saturated heterocycles. The van der Waals surface area contributed by atoms with E-state index in [0.717, 1.165) is 11.1 Å². The lowest BCUT2D eigenvalue weighted by molar-refractivity contribution is 0.415. The number of rotatable bonds is 4. The lowest BCUT2D eigenvalue weighted by atomic mass is 10.2. The zero-order chi connectivity index (χ0) is 18.8.